The summed E-state index contributed by atoms with van der Waals surface area (Å²) in [5, 5.41) is 40.7. The average Bonchev–Trinajstić information content (AvgIpc) is 1.60. The molecule has 10 N–H and O–H groups in total. The second-order valence-corrected chi connectivity index (χ2v) is 46.7. The normalized spacial score (nSPS) is 14.8. The van der Waals surface area contributed by atoms with Crippen molar-refractivity contribution in [2.75, 3.05) is 136 Å². The fourth-order valence-electron chi connectivity index (χ4n) is 18.3. The molecule has 0 saturated carbocycles. The number of sulfonamides is 2. The molecule has 3 fully saturated rings. The van der Waals surface area contributed by atoms with Gasteiger partial charge in [0.15, 0.2) is 0 Å². The van der Waals surface area contributed by atoms with E-state index in [9.17, 15) is 87.3 Å². The fraction of sp³-hybridized carbons (Fsp3) is 0.307. The molecule has 0 aliphatic carbocycles. The van der Waals surface area contributed by atoms with Crippen molar-refractivity contribution in [3.8, 4) is 44.8 Å². The molecular formula is C101H110Cl2F4N12O20P2S5. The molecule has 2 atom stereocenters. The van der Waals surface area contributed by atoms with Gasteiger partial charge >= 0.3 is 33.1 Å². The van der Waals surface area contributed by atoms with Crippen LogP contribution >= 0.6 is 62.4 Å². The van der Waals surface area contributed by atoms with E-state index in [1.807, 2.05) is 129 Å². The van der Waals surface area contributed by atoms with Gasteiger partial charge in [-0.3, -0.25) is 28.6 Å². The summed E-state index contributed by atoms with van der Waals surface area (Å²) < 4.78 is 180. The number of nitrogens with one attached hydrogen (secondary N) is 4. The first-order valence-electron chi connectivity index (χ1n) is 46.6. The third kappa shape index (κ3) is 27.7. The first-order chi connectivity index (χ1) is 69.2. The number of phosphoric acid groups is 2. The van der Waals surface area contributed by atoms with Crippen LogP contribution in [0.25, 0.3) is 44.8 Å². The summed E-state index contributed by atoms with van der Waals surface area (Å²) in [4.78, 5) is 84.3. The highest BCUT2D eigenvalue weighted by molar-refractivity contribution is 7.99. The summed E-state index contributed by atoms with van der Waals surface area (Å²) in [5.74, 6) is -1.98. The van der Waals surface area contributed by atoms with Crippen molar-refractivity contribution < 1.29 is 105 Å². The molecule has 0 unspecified atom stereocenters. The molecule has 5 heterocycles. The Morgan fingerprint density at radius 1 is 0.500 bits per heavy atom. The van der Waals surface area contributed by atoms with Crippen molar-refractivity contribution >= 4 is 155 Å². The molecule has 2 aromatic heterocycles. The first-order valence-corrected chi connectivity index (χ1v) is 56.8. The van der Waals surface area contributed by atoms with Crippen LogP contribution in [0.4, 0.5) is 68.7 Å². The second-order valence-electron chi connectivity index (χ2n) is 35.9. The van der Waals surface area contributed by atoms with Gasteiger partial charge < -0.3 is 74.1 Å². The SMILES string of the molecule is Cc1c(C(=O)O)c(-c2cc(F)cc(N3CCN(c4ccc(NS(=O)(=O)c5ccc(N[C@H](CCN6CCC(COP(=O)(O)O)CC6)CSc6ccccc6)c([N+](=O)[O-])c5)cc4)CC3)c2)c(-c2ccc(Cl)cc2)n1C(C)C.Cc1c(C(=O)O)c(-c2cccc(N3CCN(c4ccc(NS(=O)(=O)c5ccc(N[C@H](CCOP(=O)(O)O)CSc6ccccc6)c(S(=O)(=O)C(F)(F)F)c5)cc4)CC3)c2)c(-c2ccc(Cl)cc2)n1C(C)C. The number of carboxylic acids is 2. The molecule has 32 nitrogen and oxygen atoms in total. The molecule has 146 heavy (non-hydrogen) atoms. The molecule has 45 heteroatoms. The van der Waals surface area contributed by atoms with E-state index in [1.54, 1.807) is 110 Å². The zero-order valence-corrected chi connectivity index (χ0v) is 87.4. The zero-order valence-electron chi connectivity index (χ0n) is 80.0. The first kappa shape index (κ1) is 110. The average molecular weight is 2180 g/mol. The lowest BCUT2D eigenvalue weighted by Gasteiger charge is -2.37. The predicted octanol–water partition coefficient (Wildman–Crippen LogP) is 21.6. The van der Waals surface area contributed by atoms with E-state index in [2.05, 4.69) is 49.1 Å². The topological polar surface area (TPSA) is 428 Å². The number of alkyl halides is 3. The van der Waals surface area contributed by atoms with Gasteiger partial charge in [-0.2, -0.15) is 13.2 Å². The Morgan fingerprint density at radius 2 is 0.925 bits per heavy atom. The Hall–Kier alpha value is -11.5. The summed E-state index contributed by atoms with van der Waals surface area (Å²) in [7, 11) is -24.6. The van der Waals surface area contributed by atoms with Crippen LogP contribution in [0.2, 0.25) is 10.0 Å². The number of anilines is 8. The van der Waals surface area contributed by atoms with Crippen LogP contribution in [0.15, 0.2) is 261 Å². The number of nitrogens with zero attached hydrogens (tertiary/aromatic N) is 8. The molecule has 0 amide bonds. The standard InChI is InChI=1S/C53H60ClFN7O10PS2.C48H50ClF3N5O10PS3/c1-35(2)61-36(3)50(53(63)64)51(52(61)38-9-11-40(54)12-10-38)39-29-41(55)31-45(30-39)60-27-25-59(26-28-60)44-15-13-42(14-16-44)57-75(70,71)47-17-18-48(49(32-47)62(65)66)56-43(34-74-46-7-5-4-6-8-46)21-24-58-22-19-37(20-23-58)33-72-73(67,68)69;1-31(2)57-32(3)44(47(58)59)45(46(57)33-12-14-35(49)15-13-33)34-8-7-9-39(28-34)56-25-23-55(24-26-56)38-18-16-36(17-19-38)54-71(65,66)41-20-21-42(43(29-41)70(63,64)48(50,51)52)53-37(22-27-67-68(60,61)62)30-69-40-10-5-4-6-11-40/h4-18,29-32,35,37,43,56-57H,19-28,33-34H2,1-3H3,(H,63,64)(H2,67,68,69);4-21,28-29,31,37,53-54H,22-27,30H2,1-3H3,(H,58,59)(H2,60,61,62)/t43-;37-/m11/s1. The third-order valence-corrected chi connectivity index (χ3v) is 33.5. The Kier molecular flexibility index (Phi) is 35.8. The number of benzene rings is 10. The molecule has 0 spiro atoms. The highest BCUT2D eigenvalue weighted by atomic mass is 35.5. The number of nitro benzene ring substituents is 1. The van der Waals surface area contributed by atoms with Crippen molar-refractivity contribution in [1.29, 1.82) is 0 Å². The molecule has 3 aliphatic heterocycles. The minimum absolute atomic E-state index is 0.0122. The highest BCUT2D eigenvalue weighted by Gasteiger charge is 2.49. The smallest absolute Gasteiger partial charge is 0.478 e. The van der Waals surface area contributed by atoms with E-state index in [4.69, 9.17) is 37.5 Å². The lowest BCUT2D eigenvalue weighted by Crippen LogP contribution is -2.46. The number of carbonyl (C=O) groups is 2. The Bertz CT molecular complexity index is 7150. The summed E-state index contributed by atoms with van der Waals surface area (Å²) in [6, 6.07) is 63.3. The van der Waals surface area contributed by atoms with Crippen molar-refractivity contribution in [1.82, 2.24) is 14.0 Å². The number of phosphoric ester groups is 2. The number of likely N-dealkylation sites (tertiary alicyclic amines) is 1. The monoisotopic (exact) mass is 2180 g/mol. The van der Waals surface area contributed by atoms with Crippen molar-refractivity contribution in [3.05, 3.63) is 285 Å². The van der Waals surface area contributed by atoms with Gasteiger partial charge in [0.25, 0.3) is 35.6 Å². The van der Waals surface area contributed by atoms with Crippen molar-refractivity contribution in [2.24, 2.45) is 5.92 Å². The second kappa shape index (κ2) is 47.4. The predicted molar refractivity (Wildman–Crippen MR) is 564 cm³/mol. The van der Waals surface area contributed by atoms with Gasteiger partial charge in [0.1, 0.15) is 16.4 Å². The number of aromatic carboxylic acids is 2. The van der Waals surface area contributed by atoms with Crippen LogP contribution in [0.5, 0.6) is 0 Å². The minimum Gasteiger partial charge on any atom is -0.478 e. The molecule has 12 aromatic rings. The summed E-state index contributed by atoms with van der Waals surface area (Å²) in [6.45, 7) is 17.5. The van der Waals surface area contributed by atoms with Crippen LogP contribution < -0.4 is 39.7 Å². The molecule has 0 bridgehead atoms. The number of rotatable bonds is 40. The minimum atomic E-state index is -6.15. The van der Waals surface area contributed by atoms with Gasteiger partial charge in [0.05, 0.1) is 56.1 Å². The third-order valence-electron chi connectivity index (χ3n) is 25.3. The maximum atomic E-state index is 15.7. The lowest BCUT2D eigenvalue weighted by molar-refractivity contribution is -0.384. The molecule has 15 rings (SSSR count). The number of hydrogen-bond donors (Lipinski definition) is 10. The Balaban J connectivity index is 0.000000231. The van der Waals surface area contributed by atoms with Gasteiger partial charge in [0.2, 0.25) is 0 Å². The van der Waals surface area contributed by atoms with Gasteiger partial charge in [-0.25, -0.2) is 48.4 Å². The largest absolute Gasteiger partial charge is 0.501 e. The van der Waals surface area contributed by atoms with E-state index in [0.717, 1.165) is 67.4 Å². The molecule has 3 aliphatic rings. The number of nitro groups is 1. The molecular weight excluding hydrogens is 2070 g/mol. The van der Waals surface area contributed by atoms with Gasteiger partial charge in [-0.1, -0.05) is 96.0 Å². The molecule has 0 radical (unpaired) electrons. The molecule has 10 aromatic carbocycles. The van der Waals surface area contributed by atoms with Gasteiger partial charge in [-0.15, -0.1) is 23.5 Å². The van der Waals surface area contributed by atoms with Crippen LogP contribution in [-0.4, -0.2) is 200 Å². The Labute approximate surface area is 862 Å². The van der Waals surface area contributed by atoms with Crippen LogP contribution in [0, 0.1) is 35.7 Å². The highest BCUT2D eigenvalue weighted by Crippen LogP contribution is 2.48. The van der Waals surface area contributed by atoms with E-state index < -0.39 is 108 Å². The van der Waals surface area contributed by atoms with E-state index in [1.165, 1.54) is 48.2 Å². The number of piperidine rings is 1. The number of piperazine rings is 2. The van der Waals surface area contributed by atoms with E-state index >= 15 is 4.39 Å². The number of halogens is 6. The quantitative estimate of drug-likeness (QED) is 0.00560. The number of carboxylic acid groups (broad SMARTS) is 2. The molecule has 3 saturated heterocycles. The van der Waals surface area contributed by atoms with Gasteiger partial charge in [-0.05, 0) is 266 Å². The molecule has 776 valence electrons. The number of hydrogen-bond acceptors (Lipinski definition) is 23. The maximum absolute atomic E-state index is 15.7. The zero-order chi connectivity index (χ0) is 105. The van der Waals surface area contributed by atoms with Crippen molar-refractivity contribution in [2.45, 2.75) is 121 Å². The maximum Gasteiger partial charge on any atom is 0.501 e. The van der Waals surface area contributed by atoms with E-state index in [0.29, 0.717) is 153 Å². The van der Waals surface area contributed by atoms with Crippen LogP contribution in [0.1, 0.15) is 97.6 Å². The number of aromatic nitrogens is 2. The Morgan fingerprint density at radius 3 is 1.37 bits per heavy atom. The van der Waals surface area contributed by atoms with E-state index in [-0.39, 0.29) is 75.9 Å². The number of sulfone groups is 1. The summed E-state index contributed by atoms with van der Waals surface area (Å²) in [6.07, 6.45) is 1.84. The number of thioether (sulfide) groups is 2. The van der Waals surface area contributed by atoms with Crippen molar-refractivity contribution in [3.63, 3.8) is 0 Å². The summed E-state index contributed by atoms with van der Waals surface area (Å²) >= 11 is 15.3. The lowest BCUT2D eigenvalue weighted by atomic mass is 9.96. The van der Waals surface area contributed by atoms with Crippen LogP contribution in [-0.2, 0) is 48.1 Å². The summed E-state index contributed by atoms with van der Waals surface area (Å²) in [5.41, 5.74) is 3.48. The van der Waals surface area contributed by atoms with Crippen LogP contribution in [0.3, 0.4) is 0 Å². The fourth-order valence-corrected chi connectivity index (χ4v) is 24.4. The van der Waals surface area contributed by atoms with Gasteiger partial charge in [0, 0.05) is 177 Å².